The molecule has 0 aliphatic carbocycles. The Labute approximate surface area is 135 Å². The molecule has 7 nitrogen and oxygen atoms in total. The van der Waals surface area contributed by atoms with Gasteiger partial charge >= 0.3 is 0 Å². The molecule has 0 radical (unpaired) electrons. The minimum Gasteiger partial charge on any atom is -0.489 e. The Balaban J connectivity index is 1.78. The first-order valence-electron chi connectivity index (χ1n) is 7.46. The zero-order valence-corrected chi connectivity index (χ0v) is 14.2. The van der Waals surface area contributed by atoms with Crippen LogP contribution in [0.4, 0.5) is 0 Å². The van der Waals surface area contributed by atoms with Gasteiger partial charge in [0.2, 0.25) is 10.0 Å². The maximum absolute atomic E-state index is 12.9. The zero-order chi connectivity index (χ0) is 16.6. The molecule has 3 heterocycles. The monoisotopic (exact) mass is 336 g/mol. The fourth-order valence-corrected chi connectivity index (χ4v) is 4.76. The fraction of sp³-hybridized carbons (Fsp3) is 0.467. The maximum Gasteiger partial charge on any atom is 0.246 e. The summed E-state index contributed by atoms with van der Waals surface area (Å²) in [6.07, 6.45) is 3.83. The molecule has 0 aromatic carbocycles. The number of hydrogen-bond donors (Lipinski definition) is 0. The molecule has 2 aromatic heterocycles. The van der Waals surface area contributed by atoms with Gasteiger partial charge in [0.05, 0.1) is 17.9 Å². The molecule has 1 fully saturated rings. The molecular weight excluding hydrogens is 316 g/mol. The van der Waals surface area contributed by atoms with Crippen molar-refractivity contribution in [3.05, 3.63) is 35.9 Å². The molecule has 0 N–H and O–H groups in total. The van der Waals surface area contributed by atoms with E-state index in [0.29, 0.717) is 41.5 Å². The average Bonchev–Trinajstić information content (AvgIpc) is 3.06. The minimum atomic E-state index is -3.55. The highest BCUT2D eigenvalue weighted by molar-refractivity contribution is 7.89. The molecule has 1 aliphatic rings. The Hall–Kier alpha value is -1.93. The van der Waals surface area contributed by atoms with E-state index in [2.05, 4.69) is 10.1 Å². The molecule has 23 heavy (non-hydrogen) atoms. The SMILES string of the molecule is Cc1nn(C)c(C)c1S(=O)(=O)N1CC[C@H](Oc2ccncc2)C1. The van der Waals surface area contributed by atoms with Crippen LogP contribution in [0, 0.1) is 13.8 Å². The summed E-state index contributed by atoms with van der Waals surface area (Å²) < 4.78 is 34.7. The van der Waals surface area contributed by atoms with Crippen molar-refractivity contribution in [2.45, 2.75) is 31.3 Å². The number of aromatic nitrogens is 3. The van der Waals surface area contributed by atoms with Crippen LogP contribution in [0.2, 0.25) is 0 Å². The molecule has 0 saturated carbocycles. The number of nitrogens with zero attached hydrogens (tertiary/aromatic N) is 4. The smallest absolute Gasteiger partial charge is 0.246 e. The van der Waals surface area contributed by atoms with Crippen molar-refractivity contribution in [2.24, 2.45) is 7.05 Å². The summed E-state index contributed by atoms with van der Waals surface area (Å²) in [4.78, 5) is 4.25. The second kappa shape index (κ2) is 5.93. The number of hydrogen-bond acceptors (Lipinski definition) is 5. The summed E-state index contributed by atoms with van der Waals surface area (Å²) in [6, 6.07) is 3.54. The van der Waals surface area contributed by atoms with Crippen LogP contribution in [0.1, 0.15) is 17.8 Å². The van der Waals surface area contributed by atoms with Crippen molar-refractivity contribution >= 4 is 10.0 Å². The predicted octanol–water partition coefficient (Wildman–Crippen LogP) is 1.27. The van der Waals surface area contributed by atoms with Gasteiger partial charge < -0.3 is 4.74 Å². The van der Waals surface area contributed by atoms with E-state index in [9.17, 15) is 8.42 Å². The number of sulfonamides is 1. The van der Waals surface area contributed by atoms with Crippen molar-refractivity contribution in [1.29, 1.82) is 0 Å². The first-order valence-corrected chi connectivity index (χ1v) is 8.90. The van der Waals surface area contributed by atoms with Crippen LogP contribution in [0.3, 0.4) is 0 Å². The first-order chi connectivity index (χ1) is 10.9. The van der Waals surface area contributed by atoms with Crippen LogP contribution in [0.15, 0.2) is 29.4 Å². The summed E-state index contributed by atoms with van der Waals surface area (Å²) in [6.45, 7) is 4.29. The summed E-state index contributed by atoms with van der Waals surface area (Å²) in [7, 11) is -1.80. The van der Waals surface area contributed by atoms with E-state index >= 15 is 0 Å². The standard InChI is InChI=1S/C15H20N4O3S/c1-11-15(12(2)18(3)17-11)23(20,21)19-9-6-14(10-19)22-13-4-7-16-8-5-13/h4-5,7-8,14H,6,9-10H2,1-3H3/t14-/m0/s1. The molecule has 1 atom stereocenters. The topological polar surface area (TPSA) is 77.3 Å². The number of aryl methyl sites for hydroxylation is 2. The highest BCUT2D eigenvalue weighted by Crippen LogP contribution is 2.27. The van der Waals surface area contributed by atoms with Gasteiger partial charge in [-0.05, 0) is 32.4 Å². The second-order valence-electron chi connectivity index (χ2n) is 5.70. The zero-order valence-electron chi connectivity index (χ0n) is 13.4. The fourth-order valence-electron chi connectivity index (χ4n) is 2.88. The van der Waals surface area contributed by atoms with Gasteiger partial charge in [-0.1, -0.05) is 0 Å². The third-order valence-corrected chi connectivity index (χ3v) is 6.22. The van der Waals surface area contributed by atoms with E-state index < -0.39 is 10.0 Å². The van der Waals surface area contributed by atoms with Gasteiger partial charge in [-0.15, -0.1) is 0 Å². The van der Waals surface area contributed by atoms with E-state index in [4.69, 9.17) is 4.74 Å². The summed E-state index contributed by atoms with van der Waals surface area (Å²) in [5.74, 6) is 0.706. The largest absolute Gasteiger partial charge is 0.489 e. The molecule has 3 rings (SSSR count). The van der Waals surface area contributed by atoms with E-state index in [0.717, 1.165) is 0 Å². The predicted molar refractivity (Wildman–Crippen MR) is 84.7 cm³/mol. The van der Waals surface area contributed by atoms with Crippen LogP contribution in [0.25, 0.3) is 0 Å². The molecule has 0 unspecified atom stereocenters. The molecule has 0 bridgehead atoms. The Bertz CT molecular complexity index is 802. The second-order valence-corrected chi connectivity index (χ2v) is 7.57. The normalized spacial score (nSPS) is 19.2. The number of ether oxygens (including phenoxy) is 1. The van der Waals surface area contributed by atoms with Crippen LogP contribution in [-0.2, 0) is 17.1 Å². The van der Waals surface area contributed by atoms with Crippen LogP contribution in [0.5, 0.6) is 5.75 Å². The van der Waals surface area contributed by atoms with Gasteiger partial charge in [0.25, 0.3) is 0 Å². The lowest BCUT2D eigenvalue weighted by atomic mass is 10.3. The van der Waals surface area contributed by atoms with E-state index in [-0.39, 0.29) is 6.10 Å². The van der Waals surface area contributed by atoms with Gasteiger partial charge in [0.15, 0.2) is 0 Å². The third kappa shape index (κ3) is 2.96. The van der Waals surface area contributed by atoms with Gasteiger partial charge in [0, 0.05) is 26.0 Å². The molecule has 124 valence electrons. The van der Waals surface area contributed by atoms with Crippen molar-refractivity contribution in [2.75, 3.05) is 13.1 Å². The quantitative estimate of drug-likeness (QED) is 0.840. The lowest BCUT2D eigenvalue weighted by Gasteiger charge is -2.17. The Morgan fingerprint density at radius 1 is 1.26 bits per heavy atom. The average molecular weight is 336 g/mol. The summed E-state index contributed by atoms with van der Waals surface area (Å²) in [5.41, 5.74) is 1.18. The van der Waals surface area contributed by atoms with E-state index in [1.807, 2.05) is 0 Å². The molecular formula is C15H20N4O3S. The van der Waals surface area contributed by atoms with Gasteiger partial charge in [-0.2, -0.15) is 9.40 Å². The minimum absolute atomic E-state index is 0.149. The first kappa shape index (κ1) is 15.9. The third-order valence-electron chi connectivity index (χ3n) is 4.10. The van der Waals surface area contributed by atoms with Gasteiger partial charge in [0.1, 0.15) is 16.7 Å². The van der Waals surface area contributed by atoms with Crippen molar-refractivity contribution < 1.29 is 13.2 Å². The lowest BCUT2D eigenvalue weighted by molar-refractivity contribution is 0.215. The molecule has 1 saturated heterocycles. The van der Waals surface area contributed by atoms with E-state index in [1.54, 1.807) is 50.1 Å². The van der Waals surface area contributed by atoms with Gasteiger partial charge in [-0.3, -0.25) is 9.67 Å². The molecule has 8 heteroatoms. The molecule has 2 aromatic rings. The summed E-state index contributed by atoms with van der Waals surface area (Å²) >= 11 is 0. The van der Waals surface area contributed by atoms with Crippen LogP contribution >= 0.6 is 0 Å². The summed E-state index contributed by atoms with van der Waals surface area (Å²) in [5, 5.41) is 4.21. The van der Waals surface area contributed by atoms with Crippen molar-refractivity contribution in [3.8, 4) is 5.75 Å². The highest BCUT2D eigenvalue weighted by Gasteiger charge is 2.36. The Morgan fingerprint density at radius 2 is 1.96 bits per heavy atom. The van der Waals surface area contributed by atoms with Crippen LogP contribution in [-0.4, -0.2) is 46.7 Å². The molecule has 1 aliphatic heterocycles. The Kier molecular flexibility index (Phi) is 4.11. The molecule has 0 spiro atoms. The van der Waals surface area contributed by atoms with Crippen molar-refractivity contribution in [1.82, 2.24) is 19.1 Å². The highest BCUT2D eigenvalue weighted by atomic mass is 32.2. The van der Waals surface area contributed by atoms with Crippen LogP contribution < -0.4 is 4.74 Å². The van der Waals surface area contributed by atoms with Crippen molar-refractivity contribution in [3.63, 3.8) is 0 Å². The Morgan fingerprint density at radius 3 is 2.57 bits per heavy atom. The number of rotatable bonds is 4. The maximum atomic E-state index is 12.9. The number of pyridine rings is 1. The molecule has 0 amide bonds. The van der Waals surface area contributed by atoms with E-state index in [1.165, 1.54) is 4.31 Å². The van der Waals surface area contributed by atoms with Gasteiger partial charge in [-0.25, -0.2) is 8.42 Å². The lowest BCUT2D eigenvalue weighted by Crippen LogP contribution is -2.31.